The highest BCUT2D eigenvalue weighted by molar-refractivity contribution is 6.18. The molecular weight excluding hydrogens is 190 g/mol. The molecule has 1 rings (SSSR count). The average Bonchev–Trinajstić information content (AvgIpc) is 2.41. The third-order valence-corrected chi connectivity index (χ3v) is 2.65. The van der Waals surface area contributed by atoms with Crippen LogP contribution in [-0.4, -0.2) is 23.3 Å². The Bertz CT molecular complexity index is 336. The second kappa shape index (κ2) is 4.79. The summed E-state index contributed by atoms with van der Waals surface area (Å²) >= 11 is 0. The first-order valence-corrected chi connectivity index (χ1v) is 5.06. The monoisotopic (exact) mass is 205 g/mol. The van der Waals surface area contributed by atoms with Crippen molar-refractivity contribution in [2.24, 2.45) is 0 Å². The Morgan fingerprint density at radius 2 is 1.67 bits per heavy atom. The van der Waals surface area contributed by atoms with Gasteiger partial charge in [-0.3, -0.25) is 14.5 Å². The van der Waals surface area contributed by atoms with E-state index in [1.165, 1.54) is 4.90 Å². The summed E-state index contributed by atoms with van der Waals surface area (Å²) in [4.78, 5) is 24.5. The summed E-state index contributed by atoms with van der Waals surface area (Å²) in [5, 5.41) is 0. The number of hydrogen-bond acceptors (Lipinski definition) is 2. The lowest BCUT2D eigenvalue weighted by Crippen LogP contribution is -2.32. The van der Waals surface area contributed by atoms with Crippen molar-refractivity contribution >= 4 is 11.8 Å². The number of rotatable bonds is 4. The van der Waals surface area contributed by atoms with E-state index < -0.39 is 0 Å². The van der Waals surface area contributed by atoms with E-state index in [4.69, 9.17) is 6.42 Å². The van der Waals surface area contributed by atoms with Crippen LogP contribution in [0.2, 0.25) is 0 Å². The van der Waals surface area contributed by atoms with Crippen LogP contribution in [0.15, 0.2) is 11.1 Å². The number of carbonyl (C=O) groups is 2. The summed E-state index contributed by atoms with van der Waals surface area (Å²) in [5.74, 6) is 2.23. The van der Waals surface area contributed by atoms with Crippen LogP contribution in [0, 0.1) is 12.3 Å². The van der Waals surface area contributed by atoms with Gasteiger partial charge in [0.05, 0.1) is 0 Å². The van der Waals surface area contributed by atoms with Crippen molar-refractivity contribution in [1.29, 1.82) is 0 Å². The van der Waals surface area contributed by atoms with Gasteiger partial charge in [-0.1, -0.05) is 0 Å². The van der Waals surface area contributed by atoms with Crippen LogP contribution in [-0.2, 0) is 9.59 Å². The average molecular weight is 205 g/mol. The largest absolute Gasteiger partial charge is 0.275 e. The van der Waals surface area contributed by atoms with E-state index in [2.05, 4.69) is 5.92 Å². The van der Waals surface area contributed by atoms with Gasteiger partial charge in [-0.25, -0.2) is 0 Å². The maximum atomic E-state index is 11.6. The summed E-state index contributed by atoms with van der Waals surface area (Å²) in [6.07, 6.45) is 7.44. The van der Waals surface area contributed by atoms with Gasteiger partial charge in [0.15, 0.2) is 0 Å². The van der Waals surface area contributed by atoms with Gasteiger partial charge in [-0.2, -0.15) is 0 Å². The molecular formula is C12H15NO2. The zero-order chi connectivity index (χ0) is 11.4. The van der Waals surface area contributed by atoms with Crippen molar-refractivity contribution in [1.82, 2.24) is 4.90 Å². The van der Waals surface area contributed by atoms with Gasteiger partial charge in [0.2, 0.25) is 0 Å². The summed E-state index contributed by atoms with van der Waals surface area (Å²) < 4.78 is 0. The van der Waals surface area contributed by atoms with Crippen LogP contribution in [0.1, 0.15) is 33.1 Å². The first-order valence-electron chi connectivity index (χ1n) is 5.06. The topological polar surface area (TPSA) is 37.4 Å². The SMILES string of the molecule is C#CCCCCN1C(=O)C(C)=C(C)C1=O. The van der Waals surface area contributed by atoms with E-state index >= 15 is 0 Å². The van der Waals surface area contributed by atoms with E-state index in [0.29, 0.717) is 24.1 Å². The summed E-state index contributed by atoms with van der Waals surface area (Å²) in [7, 11) is 0. The van der Waals surface area contributed by atoms with E-state index in [-0.39, 0.29) is 11.8 Å². The Morgan fingerprint density at radius 3 is 2.13 bits per heavy atom. The molecule has 0 aromatic carbocycles. The zero-order valence-corrected chi connectivity index (χ0v) is 9.17. The Labute approximate surface area is 90.1 Å². The summed E-state index contributed by atoms with van der Waals surface area (Å²) in [5.41, 5.74) is 1.13. The number of imide groups is 1. The van der Waals surface area contributed by atoms with Gasteiger partial charge in [0, 0.05) is 24.1 Å². The lowest BCUT2D eigenvalue weighted by Gasteiger charge is -2.13. The molecule has 0 aliphatic carbocycles. The van der Waals surface area contributed by atoms with Crippen molar-refractivity contribution in [2.45, 2.75) is 33.1 Å². The second-order valence-electron chi connectivity index (χ2n) is 3.67. The van der Waals surface area contributed by atoms with Crippen molar-refractivity contribution < 1.29 is 9.59 Å². The molecule has 0 radical (unpaired) electrons. The van der Waals surface area contributed by atoms with Crippen LogP contribution in [0.3, 0.4) is 0 Å². The molecule has 3 heteroatoms. The highest BCUT2D eigenvalue weighted by Crippen LogP contribution is 2.19. The number of nitrogens with zero attached hydrogens (tertiary/aromatic N) is 1. The lowest BCUT2D eigenvalue weighted by atomic mass is 10.2. The third-order valence-electron chi connectivity index (χ3n) is 2.65. The number of amides is 2. The van der Waals surface area contributed by atoms with Crippen LogP contribution in [0.5, 0.6) is 0 Å². The molecule has 1 aliphatic rings. The number of carbonyl (C=O) groups excluding carboxylic acids is 2. The molecule has 0 N–H and O–H groups in total. The molecule has 0 saturated heterocycles. The van der Waals surface area contributed by atoms with Crippen LogP contribution in [0.25, 0.3) is 0 Å². The standard InChI is InChI=1S/C12H15NO2/c1-4-5-6-7-8-13-11(14)9(2)10(3)12(13)15/h1H,5-8H2,2-3H3. The lowest BCUT2D eigenvalue weighted by molar-refractivity contribution is -0.137. The van der Waals surface area contributed by atoms with Crippen LogP contribution < -0.4 is 0 Å². The predicted octanol–water partition coefficient (Wildman–Crippen LogP) is 1.50. The normalized spacial score (nSPS) is 16.2. The minimum atomic E-state index is -0.154. The molecule has 0 aromatic rings. The van der Waals surface area contributed by atoms with Gasteiger partial charge in [0.25, 0.3) is 11.8 Å². The first kappa shape index (κ1) is 11.5. The maximum absolute atomic E-state index is 11.6. The molecule has 0 unspecified atom stereocenters. The van der Waals surface area contributed by atoms with Crippen LogP contribution in [0.4, 0.5) is 0 Å². The molecule has 3 nitrogen and oxygen atoms in total. The minimum Gasteiger partial charge on any atom is -0.275 e. The molecule has 0 bridgehead atoms. The van der Waals surface area contributed by atoms with Crippen molar-refractivity contribution in [2.75, 3.05) is 6.54 Å². The van der Waals surface area contributed by atoms with Crippen molar-refractivity contribution in [3.8, 4) is 12.3 Å². The zero-order valence-electron chi connectivity index (χ0n) is 9.17. The van der Waals surface area contributed by atoms with E-state index in [1.54, 1.807) is 13.8 Å². The Balaban J connectivity index is 2.50. The fraction of sp³-hybridized carbons (Fsp3) is 0.500. The van der Waals surface area contributed by atoms with Crippen molar-refractivity contribution in [3.05, 3.63) is 11.1 Å². The molecule has 0 atom stereocenters. The summed E-state index contributed by atoms with van der Waals surface area (Å²) in [6.45, 7) is 3.86. The minimum absolute atomic E-state index is 0.154. The fourth-order valence-electron chi connectivity index (χ4n) is 1.52. The van der Waals surface area contributed by atoms with E-state index in [1.807, 2.05) is 0 Å². The first-order chi connectivity index (χ1) is 7.09. The molecule has 0 aromatic heterocycles. The highest BCUT2D eigenvalue weighted by Gasteiger charge is 2.32. The Kier molecular flexibility index (Phi) is 3.68. The van der Waals surface area contributed by atoms with Gasteiger partial charge < -0.3 is 0 Å². The third kappa shape index (κ3) is 2.27. The Hall–Kier alpha value is -1.56. The maximum Gasteiger partial charge on any atom is 0.256 e. The molecule has 0 fully saturated rings. The highest BCUT2D eigenvalue weighted by atomic mass is 16.2. The molecule has 0 spiro atoms. The van der Waals surface area contributed by atoms with Gasteiger partial charge in [-0.05, 0) is 26.7 Å². The van der Waals surface area contributed by atoms with Crippen molar-refractivity contribution in [3.63, 3.8) is 0 Å². The number of terminal acetylenes is 1. The molecule has 2 amide bonds. The fourth-order valence-corrected chi connectivity index (χ4v) is 1.52. The van der Waals surface area contributed by atoms with Gasteiger partial charge in [-0.15, -0.1) is 12.3 Å². The molecule has 1 heterocycles. The molecule has 15 heavy (non-hydrogen) atoms. The second-order valence-corrected chi connectivity index (χ2v) is 3.67. The quantitative estimate of drug-likeness (QED) is 0.396. The van der Waals surface area contributed by atoms with Gasteiger partial charge >= 0.3 is 0 Å². The molecule has 80 valence electrons. The smallest absolute Gasteiger partial charge is 0.256 e. The number of unbranched alkanes of at least 4 members (excludes halogenated alkanes) is 2. The summed E-state index contributed by atoms with van der Waals surface area (Å²) in [6, 6.07) is 0. The van der Waals surface area contributed by atoms with E-state index in [0.717, 1.165) is 12.8 Å². The van der Waals surface area contributed by atoms with Crippen LogP contribution >= 0.6 is 0 Å². The van der Waals surface area contributed by atoms with E-state index in [9.17, 15) is 9.59 Å². The van der Waals surface area contributed by atoms with Gasteiger partial charge in [0.1, 0.15) is 0 Å². The Morgan fingerprint density at radius 1 is 1.13 bits per heavy atom. The molecule has 0 saturated carbocycles. The molecule has 1 aliphatic heterocycles. The number of hydrogen-bond donors (Lipinski definition) is 0. The predicted molar refractivity (Wildman–Crippen MR) is 57.8 cm³/mol.